The highest BCUT2D eigenvalue weighted by Crippen LogP contribution is 2.63. The Bertz CT molecular complexity index is 2110. The minimum atomic E-state index is -0.625. The highest BCUT2D eigenvalue weighted by molar-refractivity contribution is 5.91. The zero-order chi connectivity index (χ0) is 29.1. The van der Waals surface area contributed by atoms with Gasteiger partial charge in [0.05, 0.1) is 5.41 Å². The van der Waals surface area contributed by atoms with Gasteiger partial charge in [-0.1, -0.05) is 140 Å². The summed E-state index contributed by atoms with van der Waals surface area (Å²) in [5.74, 6) is 3.53. The van der Waals surface area contributed by atoms with Gasteiger partial charge in [-0.05, 0) is 34.4 Å². The summed E-state index contributed by atoms with van der Waals surface area (Å²) in [6.07, 6.45) is 0. The number of benzene rings is 6. The van der Waals surface area contributed by atoms with Crippen LogP contribution in [0.5, 0.6) is 11.5 Å². The monoisotopic (exact) mass is 563 g/mol. The standard InChI is InChI=1S/C40H25N3O/c1-3-14-26(15-4-1)37-41-38(27-16-5-2-6-17-27)43-39(42-37)30-20-13-25-35-36(30)40(33-23-11-12-24-34(33)44-35)31-21-9-7-18-28(31)29-19-8-10-22-32(29)40/h1-25H. The molecule has 0 amide bonds. The maximum Gasteiger partial charge on any atom is 0.164 e. The summed E-state index contributed by atoms with van der Waals surface area (Å²) in [6, 6.07) is 52.4. The molecule has 0 saturated carbocycles. The second-order valence-corrected chi connectivity index (χ2v) is 11.2. The molecule has 0 N–H and O–H groups in total. The molecule has 0 atom stereocenters. The van der Waals surface area contributed by atoms with Crippen molar-refractivity contribution in [2.45, 2.75) is 5.41 Å². The van der Waals surface area contributed by atoms with Crippen LogP contribution in [0.15, 0.2) is 152 Å². The van der Waals surface area contributed by atoms with Crippen molar-refractivity contribution in [1.29, 1.82) is 0 Å². The number of rotatable bonds is 3. The highest BCUT2D eigenvalue weighted by Gasteiger charge is 2.52. The molecule has 0 radical (unpaired) electrons. The maximum atomic E-state index is 6.71. The molecule has 44 heavy (non-hydrogen) atoms. The molecule has 4 nitrogen and oxygen atoms in total. The third-order valence-corrected chi connectivity index (χ3v) is 8.80. The molecule has 7 aromatic rings. The average Bonchev–Trinajstić information content (AvgIpc) is 3.39. The van der Waals surface area contributed by atoms with Gasteiger partial charge in [0.1, 0.15) is 11.5 Å². The molecule has 2 heterocycles. The molecule has 206 valence electrons. The van der Waals surface area contributed by atoms with Gasteiger partial charge in [0.2, 0.25) is 0 Å². The molecule has 1 aliphatic heterocycles. The minimum absolute atomic E-state index is 0.610. The summed E-state index contributed by atoms with van der Waals surface area (Å²) in [5, 5.41) is 0. The van der Waals surface area contributed by atoms with Gasteiger partial charge in [-0.3, -0.25) is 0 Å². The lowest BCUT2D eigenvalue weighted by Gasteiger charge is -2.40. The fourth-order valence-electron chi connectivity index (χ4n) is 7.03. The number of nitrogens with zero attached hydrogens (tertiary/aromatic N) is 3. The van der Waals surface area contributed by atoms with Crippen LogP contribution in [0.2, 0.25) is 0 Å². The molecule has 0 unspecified atom stereocenters. The number of aromatic nitrogens is 3. The van der Waals surface area contributed by atoms with Gasteiger partial charge in [-0.15, -0.1) is 0 Å². The zero-order valence-corrected chi connectivity index (χ0v) is 23.7. The Hall–Kier alpha value is -5.87. The van der Waals surface area contributed by atoms with E-state index in [0.29, 0.717) is 17.5 Å². The van der Waals surface area contributed by atoms with Crippen LogP contribution in [0.25, 0.3) is 45.3 Å². The smallest absolute Gasteiger partial charge is 0.164 e. The van der Waals surface area contributed by atoms with E-state index in [1.165, 1.54) is 22.3 Å². The number of hydrogen-bond donors (Lipinski definition) is 0. The van der Waals surface area contributed by atoms with Gasteiger partial charge >= 0.3 is 0 Å². The quantitative estimate of drug-likeness (QED) is 0.215. The van der Waals surface area contributed by atoms with E-state index in [1.54, 1.807) is 0 Å². The van der Waals surface area contributed by atoms with Crippen LogP contribution < -0.4 is 4.74 Å². The molecule has 1 aliphatic carbocycles. The first-order valence-corrected chi connectivity index (χ1v) is 14.8. The minimum Gasteiger partial charge on any atom is -0.457 e. The van der Waals surface area contributed by atoms with E-state index in [1.807, 2.05) is 72.8 Å². The molecule has 4 heteroatoms. The summed E-state index contributed by atoms with van der Waals surface area (Å²) in [6.45, 7) is 0. The van der Waals surface area contributed by atoms with Gasteiger partial charge < -0.3 is 4.74 Å². The average molecular weight is 564 g/mol. The van der Waals surface area contributed by atoms with E-state index < -0.39 is 5.41 Å². The lowest BCUT2D eigenvalue weighted by Crippen LogP contribution is -2.33. The van der Waals surface area contributed by atoms with Crippen LogP contribution in [0.3, 0.4) is 0 Å². The topological polar surface area (TPSA) is 47.9 Å². The van der Waals surface area contributed by atoms with Crippen molar-refractivity contribution in [3.8, 4) is 56.8 Å². The fraction of sp³-hybridized carbons (Fsp3) is 0.0250. The lowest BCUT2D eigenvalue weighted by molar-refractivity contribution is 0.437. The second kappa shape index (κ2) is 9.58. The molecule has 0 saturated heterocycles. The predicted octanol–water partition coefficient (Wildman–Crippen LogP) is 9.34. The Morgan fingerprint density at radius 3 is 1.43 bits per heavy atom. The molecular weight excluding hydrogens is 538 g/mol. The van der Waals surface area contributed by atoms with Crippen LogP contribution in [0.1, 0.15) is 22.3 Å². The van der Waals surface area contributed by atoms with E-state index in [9.17, 15) is 0 Å². The zero-order valence-electron chi connectivity index (χ0n) is 23.7. The molecular formula is C40H25N3O. The van der Waals surface area contributed by atoms with Crippen molar-refractivity contribution in [3.05, 3.63) is 174 Å². The van der Waals surface area contributed by atoms with Crippen molar-refractivity contribution in [2.75, 3.05) is 0 Å². The van der Waals surface area contributed by atoms with Crippen LogP contribution in [0, 0.1) is 0 Å². The lowest BCUT2D eigenvalue weighted by atomic mass is 9.64. The third-order valence-electron chi connectivity index (χ3n) is 8.80. The first-order chi connectivity index (χ1) is 21.8. The molecule has 1 spiro atoms. The van der Waals surface area contributed by atoms with Crippen LogP contribution in [-0.2, 0) is 5.41 Å². The summed E-state index contributed by atoms with van der Waals surface area (Å²) < 4.78 is 6.71. The van der Waals surface area contributed by atoms with Crippen molar-refractivity contribution >= 4 is 0 Å². The van der Waals surface area contributed by atoms with Crippen molar-refractivity contribution in [3.63, 3.8) is 0 Å². The highest BCUT2D eigenvalue weighted by atomic mass is 16.5. The van der Waals surface area contributed by atoms with Crippen LogP contribution >= 0.6 is 0 Å². The second-order valence-electron chi connectivity index (χ2n) is 11.2. The van der Waals surface area contributed by atoms with Crippen LogP contribution in [-0.4, -0.2) is 15.0 Å². The Kier molecular flexibility index (Phi) is 5.38. The first-order valence-electron chi connectivity index (χ1n) is 14.8. The molecule has 6 aromatic carbocycles. The summed E-state index contributed by atoms with van der Waals surface area (Å²) in [7, 11) is 0. The van der Waals surface area contributed by atoms with Gasteiger partial charge in [0, 0.05) is 27.8 Å². The number of para-hydroxylation sites is 1. The Balaban J connectivity index is 1.40. The van der Waals surface area contributed by atoms with Gasteiger partial charge in [0.25, 0.3) is 0 Å². The Morgan fingerprint density at radius 2 is 0.818 bits per heavy atom. The van der Waals surface area contributed by atoms with E-state index in [4.69, 9.17) is 19.7 Å². The van der Waals surface area contributed by atoms with Crippen LogP contribution in [0.4, 0.5) is 0 Å². The maximum absolute atomic E-state index is 6.71. The number of hydrogen-bond acceptors (Lipinski definition) is 4. The van der Waals surface area contributed by atoms with Gasteiger partial charge in [-0.25, -0.2) is 15.0 Å². The first kappa shape index (κ1) is 24.7. The van der Waals surface area contributed by atoms with Crippen molar-refractivity contribution in [1.82, 2.24) is 15.0 Å². The third kappa shape index (κ3) is 3.48. The van der Waals surface area contributed by atoms with E-state index in [-0.39, 0.29) is 0 Å². The largest absolute Gasteiger partial charge is 0.457 e. The normalized spacial score (nSPS) is 13.4. The summed E-state index contributed by atoms with van der Waals surface area (Å²) >= 11 is 0. The number of ether oxygens (including phenoxy) is 1. The van der Waals surface area contributed by atoms with E-state index in [2.05, 4.69) is 78.9 Å². The molecule has 0 bridgehead atoms. The molecule has 1 aromatic heterocycles. The van der Waals surface area contributed by atoms with Gasteiger partial charge in [-0.2, -0.15) is 0 Å². The van der Waals surface area contributed by atoms with Crippen molar-refractivity contribution < 1.29 is 4.74 Å². The Labute approximate surface area is 255 Å². The number of fused-ring (bicyclic) bond motifs is 9. The van der Waals surface area contributed by atoms with Crippen molar-refractivity contribution in [2.24, 2.45) is 0 Å². The van der Waals surface area contributed by atoms with E-state index >= 15 is 0 Å². The predicted molar refractivity (Wildman–Crippen MR) is 174 cm³/mol. The SMILES string of the molecule is c1ccc(-c2nc(-c3ccccc3)nc(-c3cccc4c3C3(c5ccccc5O4)c4ccccc4-c4ccccc43)n2)cc1. The molecule has 0 fully saturated rings. The summed E-state index contributed by atoms with van der Waals surface area (Å²) in [4.78, 5) is 15.3. The van der Waals surface area contributed by atoms with Gasteiger partial charge in [0.15, 0.2) is 17.5 Å². The fourth-order valence-corrected chi connectivity index (χ4v) is 7.03. The van der Waals surface area contributed by atoms with E-state index in [0.717, 1.165) is 39.3 Å². The molecule has 2 aliphatic rings. The Morgan fingerprint density at radius 1 is 0.364 bits per heavy atom. The summed E-state index contributed by atoms with van der Waals surface area (Å²) in [5.41, 5.74) is 9.23. The molecule has 9 rings (SSSR count).